The van der Waals surface area contributed by atoms with E-state index in [1.165, 1.54) is 54.1 Å². The average Bonchev–Trinajstić information content (AvgIpc) is 3.65. The maximum Gasteiger partial charge on any atom is 0.136 e. The zero-order chi connectivity index (χ0) is 29.5. The predicted octanol–water partition coefficient (Wildman–Crippen LogP) is 11.9. The highest BCUT2D eigenvalue weighted by Gasteiger charge is 2.21. The van der Waals surface area contributed by atoms with Crippen molar-refractivity contribution in [3.8, 4) is 5.69 Å². The molecule has 0 N–H and O–H groups in total. The van der Waals surface area contributed by atoms with Gasteiger partial charge in [0.15, 0.2) is 0 Å². The van der Waals surface area contributed by atoms with E-state index in [9.17, 15) is 0 Å². The van der Waals surface area contributed by atoms with Crippen molar-refractivity contribution in [1.82, 2.24) is 4.57 Å². The van der Waals surface area contributed by atoms with E-state index in [-0.39, 0.29) is 0 Å². The van der Waals surface area contributed by atoms with Crippen molar-refractivity contribution in [2.75, 3.05) is 4.90 Å². The SMILES string of the molecule is c1ccc(N(c2ccccc2)c2ccc(-n3c4cccc5c6cccc7oc8cccc(c9cccc3c9c54)c8c76)cc2)cc1. The highest BCUT2D eigenvalue weighted by Crippen LogP contribution is 2.46. The largest absolute Gasteiger partial charge is 0.456 e. The van der Waals surface area contributed by atoms with Gasteiger partial charge in [-0.25, -0.2) is 0 Å². The Morgan fingerprint density at radius 2 is 0.778 bits per heavy atom. The number of rotatable bonds is 4. The van der Waals surface area contributed by atoms with Crippen LogP contribution in [0.5, 0.6) is 0 Å². The quantitative estimate of drug-likeness (QED) is 0.208. The average molecular weight is 575 g/mol. The molecule has 0 atom stereocenters. The van der Waals surface area contributed by atoms with E-state index < -0.39 is 0 Å². The molecule has 0 saturated heterocycles. The lowest BCUT2D eigenvalue weighted by Crippen LogP contribution is -2.09. The summed E-state index contributed by atoms with van der Waals surface area (Å²) in [6.45, 7) is 0. The lowest BCUT2D eigenvalue weighted by molar-refractivity contribution is 0.669. The zero-order valence-corrected chi connectivity index (χ0v) is 24.3. The van der Waals surface area contributed by atoms with Crippen molar-refractivity contribution < 1.29 is 4.42 Å². The van der Waals surface area contributed by atoms with Crippen molar-refractivity contribution in [2.45, 2.75) is 0 Å². The third-order valence-corrected chi connectivity index (χ3v) is 9.31. The van der Waals surface area contributed by atoms with E-state index in [0.717, 1.165) is 33.9 Å². The van der Waals surface area contributed by atoms with E-state index in [4.69, 9.17) is 4.42 Å². The van der Waals surface area contributed by atoms with Crippen LogP contribution in [0.3, 0.4) is 0 Å². The van der Waals surface area contributed by atoms with Crippen molar-refractivity contribution in [2.24, 2.45) is 0 Å². The van der Waals surface area contributed by atoms with Crippen LogP contribution in [0, 0.1) is 0 Å². The van der Waals surface area contributed by atoms with Crippen molar-refractivity contribution in [3.05, 3.63) is 158 Å². The molecule has 210 valence electrons. The summed E-state index contributed by atoms with van der Waals surface area (Å²) in [6, 6.07) is 56.4. The van der Waals surface area contributed by atoms with Gasteiger partial charge in [0, 0.05) is 44.3 Å². The Labute approximate surface area is 259 Å². The van der Waals surface area contributed by atoms with Crippen molar-refractivity contribution in [1.29, 1.82) is 0 Å². The van der Waals surface area contributed by atoms with Gasteiger partial charge in [-0.2, -0.15) is 0 Å². The van der Waals surface area contributed by atoms with Gasteiger partial charge in [-0.3, -0.25) is 0 Å². The van der Waals surface area contributed by atoms with E-state index in [2.05, 4.69) is 167 Å². The molecule has 0 spiro atoms. The minimum absolute atomic E-state index is 0.930. The van der Waals surface area contributed by atoms with E-state index >= 15 is 0 Å². The number of para-hydroxylation sites is 2. The molecule has 0 radical (unpaired) electrons. The molecule has 0 aliphatic heterocycles. The maximum absolute atomic E-state index is 6.41. The standard InChI is InChI=1S/C42H26N2O/c1-3-11-27(12-4-1)43(28-13-5-2-6-14-28)29-23-25-30(26-24-29)44-35-19-7-15-31-33-17-9-21-37-41(33)42-34(18-10-22-38(42)45-37)32-16-8-20-36(44)40(32)39(31)35/h1-26H. The van der Waals surface area contributed by atoms with Crippen LogP contribution in [0.1, 0.15) is 0 Å². The molecule has 0 bridgehead atoms. The van der Waals surface area contributed by atoms with Gasteiger partial charge < -0.3 is 13.9 Å². The van der Waals surface area contributed by atoms with Gasteiger partial charge in [-0.1, -0.05) is 84.9 Å². The normalized spacial score (nSPS) is 12.0. The molecule has 3 heteroatoms. The number of hydrogen-bond donors (Lipinski definition) is 0. The molecule has 2 heterocycles. The lowest BCUT2D eigenvalue weighted by Gasteiger charge is -2.25. The van der Waals surface area contributed by atoms with Crippen LogP contribution < -0.4 is 4.90 Å². The van der Waals surface area contributed by atoms with Gasteiger partial charge in [-0.05, 0) is 94.3 Å². The van der Waals surface area contributed by atoms with Gasteiger partial charge in [0.2, 0.25) is 0 Å². The Balaban J connectivity index is 1.28. The first-order chi connectivity index (χ1) is 22.3. The van der Waals surface area contributed by atoms with Gasteiger partial charge >= 0.3 is 0 Å². The van der Waals surface area contributed by atoms with Gasteiger partial charge in [0.1, 0.15) is 11.2 Å². The molecule has 45 heavy (non-hydrogen) atoms. The number of aromatic nitrogens is 1. The highest BCUT2D eigenvalue weighted by atomic mass is 16.3. The fourth-order valence-electron chi connectivity index (χ4n) is 7.50. The molecule has 0 aliphatic carbocycles. The molecule has 0 fully saturated rings. The number of benzene rings is 7. The van der Waals surface area contributed by atoms with Crippen LogP contribution in [-0.2, 0) is 0 Å². The molecule has 10 aromatic rings. The minimum atomic E-state index is 0.930. The molecule has 0 amide bonds. The highest BCUT2D eigenvalue weighted by molar-refractivity contribution is 6.36. The number of nitrogens with zero attached hydrogens (tertiary/aromatic N) is 2. The molecular formula is C42H26N2O. The summed E-state index contributed by atoms with van der Waals surface area (Å²) in [6.07, 6.45) is 0. The molecule has 0 saturated carbocycles. The lowest BCUT2D eigenvalue weighted by atomic mass is 9.95. The fraction of sp³-hybridized carbons (Fsp3) is 0. The smallest absolute Gasteiger partial charge is 0.136 e. The second-order valence-electron chi connectivity index (χ2n) is 11.7. The maximum atomic E-state index is 6.41. The van der Waals surface area contributed by atoms with Crippen LogP contribution in [0.4, 0.5) is 17.1 Å². The summed E-state index contributed by atoms with van der Waals surface area (Å²) in [7, 11) is 0. The minimum Gasteiger partial charge on any atom is -0.456 e. The summed E-state index contributed by atoms with van der Waals surface area (Å²) >= 11 is 0. The molecule has 10 rings (SSSR count). The van der Waals surface area contributed by atoms with Gasteiger partial charge in [-0.15, -0.1) is 0 Å². The summed E-state index contributed by atoms with van der Waals surface area (Å²) in [5.74, 6) is 0. The Kier molecular flexibility index (Phi) is 5.00. The second-order valence-corrected chi connectivity index (χ2v) is 11.7. The molecular weight excluding hydrogens is 548 g/mol. The van der Waals surface area contributed by atoms with Crippen molar-refractivity contribution in [3.63, 3.8) is 0 Å². The van der Waals surface area contributed by atoms with Crippen LogP contribution in [-0.4, -0.2) is 4.57 Å². The third kappa shape index (κ3) is 3.41. The predicted molar refractivity (Wildman–Crippen MR) is 189 cm³/mol. The number of furan rings is 1. The number of fused-ring (bicyclic) bond motifs is 2. The van der Waals surface area contributed by atoms with E-state index in [1.54, 1.807) is 0 Å². The Morgan fingerprint density at radius 3 is 1.27 bits per heavy atom. The first-order valence-electron chi connectivity index (χ1n) is 15.4. The molecule has 0 aliphatic rings. The first-order valence-corrected chi connectivity index (χ1v) is 15.4. The summed E-state index contributed by atoms with van der Waals surface area (Å²) in [4.78, 5) is 2.30. The monoisotopic (exact) mass is 574 g/mol. The van der Waals surface area contributed by atoms with Crippen LogP contribution in [0.2, 0.25) is 0 Å². The van der Waals surface area contributed by atoms with Crippen LogP contribution >= 0.6 is 0 Å². The Bertz CT molecular complexity index is 2520. The summed E-state index contributed by atoms with van der Waals surface area (Å²) in [5.41, 5.74) is 8.75. The zero-order valence-electron chi connectivity index (χ0n) is 24.3. The summed E-state index contributed by atoms with van der Waals surface area (Å²) in [5, 5.41) is 9.85. The Morgan fingerprint density at radius 1 is 0.356 bits per heavy atom. The topological polar surface area (TPSA) is 21.3 Å². The second kappa shape index (κ2) is 9.22. The van der Waals surface area contributed by atoms with E-state index in [1.807, 2.05) is 0 Å². The third-order valence-electron chi connectivity index (χ3n) is 9.31. The number of anilines is 3. The van der Waals surface area contributed by atoms with Crippen LogP contribution in [0.15, 0.2) is 162 Å². The molecule has 0 unspecified atom stereocenters. The first kappa shape index (κ1) is 24.4. The molecule has 3 nitrogen and oxygen atoms in total. The van der Waals surface area contributed by atoms with Gasteiger partial charge in [0.25, 0.3) is 0 Å². The fourth-order valence-corrected chi connectivity index (χ4v) is 7.50. The summed E-state index contributed by atoms with van der Waals surface area (Å²) < 4.78 is 8.84. The Hall–Kier alpha value is -6.06. The molecule has 2 aromatic heterocycles. The van der Waals surface area contributed by atoms with E-state index in [0.29, 0.717) is 0 Å². The van der Waals surface area contributed by atoms with Gasteiger partial charge in [0.05, 0.1) is 11.0 Å². The van der Waals surface area contributed by atoms with Crippen LogP contribution in [0.25, 0.3) is 71.0 Å². The molecule has 8 aromatic carbocycles. The van der Waals surface area contributed by atoms with Crippen molar-refractivity contribution >= 4 is 82.4 Å². The number of hydrogen-bond acceptors (Lipinski definition) is 2.